The standard InChI is InChI=1S/C22H29NO3/c1-6-25-20-9-7-8-17(14-20)15-23-21(24)16(2)26-19-12-10-18(11-13-19)22(3,4)5/h7-14,16H,6,15H2,1-5H3,(H,23,24)/t16-/m0/s1. The molecule has 2 aromatic rings. The quantitative estimate of drug-likeness (QED) is 0.797. The average molecular weight is 355 g/mol. The lowest BCUT2D eigenvalue weighted by Crippen LogP contribution is -2.35. The maximum absolute atomic E-state index is 12.3. The van der Waals surface area contributed by atoms with Crippen molar-refractivity contribution in [3.8, 4) is 11.5 Å². The van der Waals surface area contributed by atoms with Crippen molar-refractivity contribution in [3.05, 3.63) is 59.7 Å². The molecule has 26 heavy (non-hydrogen) atoms. The van der Waals surface area contributed by atoms with E-state index in [2.05, 4.69) is 26.1 Å². The summed E-state index contributed by atoms with van der Waals surface area (Å²) in [6.45, 7) is 11.3. The van der Waals surface area contributed by atoms with Gasteiger partial charge in [-0.3, -0.25) is 4.79 Å². The molecule has 2 aromatic carbocycles. The van der Waals surface area contributed by atoms with Crippen LogP contribution in [0.4, 0.5) is 0 Å². The molecular weight excluding hydrogens is 326 g/mol. The summed E-state index contributed by atoms with van der Waals surface area (Å²) in [6, 6.07) is 15.6. The monoisotopic (exact) mass is 355 g/mol. The number of carbonyl (C=O) groups is 1. The summed E-state index contributed by atoms with van der Waals surface area (Å²) >= 11 is 0. The van der Waals surface area contributed by atoms with Crippen molar-refractivity contribution in [1.29, 1.82) is 0 Å². The van der Waals surface area contributed by atoms with Crippen LogP contribution in [0.3, 0.4) is 0 Å². The van der Waals surface area contributed by atoms with E-state index in [0.717, 1.165) is 11.3 Å². The van der Waals surface area contributed by atoms with Gasteiger partial charge in [0.15, 0.2) is 6.10 Å². The van der Waals surface area contributed by atoms with Crippen LogP contribution in [0.5, 0.6) is 11.5 Å². The van der Waals surface area contributed by atoms with Gasteiger partial charge in [-0.15, -0.1) is 0 Å². The maximum Gasteiger partial charge on any atom is 0.261 e. The Morgan fingerprint density at radius 3 is 2.38 bits per heavy atom. The molecule has 0 saturated heterocycles. The van der Waals surface area contributed by atoms with Gasteiger partial charge < -0.3 is 14.8 Å². The van der Waals surface area contributed by atoms with E-state index < -0.39 is 6.10 Å². The van der Waals surface area contributed by atoms with Gasteiger partial charge in [-0.2, -0.15) is 0 Å². The summed E-state index contributed by atoms with van der Waals surface area (Å²) < 4.78 is 11.2. The molecule has 1 N–H and O–H groups in total. The Bertz CT molecular complexity index is 717. The van der Waals surface area contributed by atoms with Crippen LogP contribution in [0, 0.1) is 0 Å². The van der Waals surface area contributed by atoms with Crippen LogP contribution in [0.15, 0.2) is 48.5 Å². The van der Waals surface area contributed by atoms with Gasteiger partial charge in [0.2, 0.25) is 0 Å². The fourth-order valence-electron chi connectivity index (χ4n) is 2.54. The third-order valence-electron chi connectivity index (χ3n) is 4.08. The predicted octanol–water partition coefficient (Wildman–Crippen LogP) is 4.47. The van der Waals surface area contributed by atoms with Crippen molar-refractivity contribution in [1.82, 2.24) is 5.32 Å². The van der Waals surface area contributed by atoms with Gasteiger partial charge >= 0.3 is 0 Å². The van der Waals surface area contributed by atoms with E-state index in [1.165, 1.54) is 5.56 Å². The van der Waals surface area contributed by atoms with E-state index in [4.69, 9.17) is 9.47 Å². The zero-order chi connectivity index (χ0) is 19.2. The van der Waals surface area contributed by atoms with Gasteiger partial charge in [0, 0.05) is 6.54 Å². The molecule has 140 valence electrons. The summed E-state index contributed by atoms with van der Waals surface area (Å²) in [5.41, 5.74) is 2.32. The molecule has 1 amide bonds. The Kier molecular flexibility index (Phi) is 6.67. The number of benzene rings is 2. The first-order chi connectivity index (χ1) is 12.3. The SMILES string of the molecule is CCOc1cccc(CNC(=O)[C@H](C)Oc2ccc(C(C)(C)C)cc2)c1. The highest BCUT2D eigenvalue weighted by atomic mass is 16.5. The number of rotatable bonds is 7. The zero-order valence-corrected chi connectivity index (χ0v) is 16.3. The highest BCUT2D eigenvalue weighted by Crippen LogP contribution is 2.24. The first kappa shape index (κ1) is 19.8. The Morgan fingerprint density at radius 2 is 1.77 bits per heavy atom. The molecular formula is C22H29NO3. The lowest BCUT2D eigenvalue weighted by Gasteiger charge is -2.20. The van der Waals surface area contributed by atoms with Crippen molar-refractivity contribution >= 4 is 5.91 Å². The number of ether oxygens (including phenoxy) is 2. The Morgan fingerprint density at radius 1 is 1.08 bits per heavy atom. The van der Waals surface area contributed by atoms with Crippen molar-refractivity contribution in [2.24, 2.45) is 0 Å². The van der Waals surface area contributed by atoms with Crippen LogP contribution >= 0.6 is 0 Å². The molecule has 4 nitrogen and oxygen atoms in total. The Labute approximate surface area is 156 Å². The fraction of sp³-hybridized carbons (Fsp3) is 0.409. The van der Waals surface area contributed by atoms with E-state index in [1.807, 2.05) is 55.5 Å². The largest absolute Gasteiger partial charge is 0.494 e. The summed E-state index contributed by atoms with van der Waals surface area (Å²) in [5.74, 6) is 1.35. The second kappa shape index (κ2) is 8.75. The number of carbonyl (C=O) groups excluding carboxylic acids is 1. The van der Waals surface area contributed by atoms with Gasteiger partial charge in [-0.1, -0.05) is 45.0 Å². The van der Waals surface area contributed by atoms with E-state index in [-0.39, 0.29) is 11.3 Å². The molecule has 0 spiro atoms. The van der Waals surface area contributed by atoms with Crippen molar-refractivity contribution in [2.45, 2.75) is 52.7 Å². The first-order valence-electron chi connectivity index (χ1n) is 9.06. The summed E-state index contributed by atoms with van der Waals surface area (Å²) in [5, 5.41) is 2.90. The molecule has 4 heteroatoms. The minimum atomic E-state index is -0.564. The average Bonchev–Trinajstić information content (AvgIpc) is 2.60. The molecule has 0 saturated carbocycles. The summed E-state index contributed by atoms with van der Waals surface area (Å²) in [6.07, 6.45) is -0.564. The van der Waals surface area contributed by atoms with Gasteiger partial charge in [0.05, 0.1) is 6.61 Å². The molecule has 0 aliphatic rings. The molecule has 0 aliphatic carbocycles. The molecule has 0 aromatic heterocycles. The van der Waals surface area contributed by atoms with Crippen LogP contribution < -0.4 is 14.8 Å². The van der Waals surface area contributed by atoms with Crippen LogP contribution in [0.2, 0.25) is 0 Å². The van der Waals surface area contributed by atoms with Crippen LogP contribution in [-0.4, -0.2) is 18.6 Å². The Hall–Kier alpha value is -2.49. The number of amides is 1. The number of hydrogen-bond acceptors (Lipinski definition) is 3. The molecule has 1 atom stereocenters. The van der Waals surface area contributed by atoms with Gasteiger partial charge in [0.25, 0.3) is 5.91 Å². The third kappa shape index (κ3) is 5.80. The molecule has 0 aliphatic heterocycles. The molecule has 0 unspecified atom stereocenters. The maximum atomic E-state index is 12.3. The van der Waals surface area contributed by atoms with Crippen LogP contribution in [0.25, 0.3) is 0 Å². The predicted molar refractivity (Wildman–Crippen MR) is 105 cm³/mol. The lowest BCUT2D eigenvalue weighted by molar-refractivity contribution is -0.127. The highest BCUT2D eigenvalue weighted by Gasteiger charge is 2.16. The van der Waals surface area contributed by atoms with Gasteiger partial charge in [-0.25, -0.2) is 0 Å². The van der Waals surface area contributed by atoms with E-state index in [9.17, 15) is 4.79 Å². The third-order valence-corrected chi connectivity index (χ3v) is 4.08. The minimum Gasteiger partial charge on any atom is -0.494 e. The zero-order valence-electron chi connectivity index (χ0n) is 16.3. The van der Waals surface area contributed by atoms with Gasteiger partial charge in [-0.05, 0) is 54.7 Å². The summed E-state index contributed by atoms with van der Waals surface area (Å²) in [7, 11) is 0. The van der Waals surface area contributed by atoms with Crippen LogP contribution in [-0.2, 0) is 16.8 Å². The lowest BCUT2D eigenvalue weighted by atomic mass is 9.87. The second-order valence-corrected chi connectivity index (χ2v) is 7.33. The number of hydrogen-bond donors (Lipinski definition) is 1. The second-order valence-electron chi connectivity index (χ2n) is 7.33. The topological polar surface area (TPSA) is 47.6 Å². The van der Waals surface area contributed by atoms with Crippen molar-refractivity contribution in [3.63, 3.8) is 0 Å². The molecule has 0 fully saturated rings. The normalized spacial score (nSPS) is 12.3. The molecule has 0 heterocycles. The summed E-state index contributed by atoms with van der Waals surface area (Å²) in [4.78, 5) is 12.3. The highest BCUT2D eigenvalue weighted by molar-refractivity contribution is 5.80. The van der Waals surface area contributed by atoms with E-state index in [1.54, 1.807) is 6.92 Å². The van der Waals surface area contributed by atoms with Crippen molar-refractivity contribution < 1.29 is 14.3 Å². The van der Waals surface area contributed by atoms with Gasteiger partial charge in [0.1, 0.15) is 11.5 Å². The first-order valence-corrected chi connectivity index (χ1v) is 9.06. The Balaban J connectivity index is 1.88. The van der Waals surface area contributed by atoms with E-state index >= 15 is 0 Å². The van der Waals surface area contributed by atoms with E-state index in [0.29, 0.717) is 18.9 Å². The number of nitrogens with one attached hydrogen (secondary N) is 1. The van der Waals surface area contributed by atoms with Crippen LogP contribution in [0.1, 0.15) is 45.7 Å². The molecule has 0 radical (unpaired) electrons. The molecule has 0 bridgehead atoms. The minimum absolute atomic E-state index is 0.0948. The smallest absolute Gasteiger partial charge is 0.261 e. The van der Waals surface area contributed by atoms with Crippen molar-refractivity contribution in [2.75, 3.05) is 6.61 Å². The molecule has 2 rings (SSSR count). The fourth-order valence-corrected chi connectivity index (χ4v) is 2.54.